The Bertz CT molecular complexity index is 943. The van der Waals surface area contributed by atoms with E-state index in [1.165, 1.54) is 30.6 Å². The molecular weight excluding hydrogens is 332 g/mol. The summed E-state index contributed by atoms with van der Waals surface area (Å²) in [5.74, 6) is -3.48. The molecule has 0 aliphatic heterocycles. The van der Waals surface area contributed by atoms with E-state index in [1.54, 1.807) is 6.07 Å². The third kappa shape index (κ3) is 3.74. The van der Waals surface area contributed by atoms with Crippen molar-refractivity contribution in [2.75, 3.05) is 11.9 Å². The standard InChI is InChI=1S/C17H11F2N3O3/c18-11-2-1-3-12(19)16(11)22-15(23)9-25-17(24)10-4-5-13-14(8-10)21-7-6-20-13/h1-8H,9H2,(H,22,23). The Kier molecular flexibility index (Phi) is 4.60. The third-order valence-corrected chi connectivity index (χ3v) is 3.27. The lowest BCUT2D eigenvalue weighted by Gasteiger charge is -2.08. The topological polar surface area (TPSA) is 81.2 Å². The van der Waals surface area contributed by atoms with Crippen LogP contribution in [0, 0.1) is 11.6 Å². The fourth-order valence-electron chi connectivity index (χ4n) is 2.10. The predicted octanol–water partition coefficient (Wildman–Crippen LogP) is 2.70. The Balaban J connectivity index is 1.64. The number of fused-ring (bicyclic) bond motifs is 1. The van der Waals surface area contributed by atoms with Crippen LogP contribution in [-0.4, -0.2) is 28.5 Å². The van der Waals surface area contributed by atoms with Gasteiger partial charge in [-0.1, -0.05) is 6.07 Å². The highest BCUT2D eigenvalue weighted by molar-refractivity contribution is 5.97. The monoisotopic (exact) mass is 343 g/mol. The maximum atomic E-state index is 13.4. The number of hydrogen-bond donors (Lipinski definition) is 1. The minimum Gasteiger partial charge on any atom is -0.452 e. The second-order valence-electron chi connectivity index (χ2n) is 4.98. The highest BCUT2D eigenvalue weighted by Crippen LogP contribution is 2.18. The number of amides is 1. The first-order valence-corrected chi connectivity index (χ1v) is 7.16. The Morgan fingerprint density at radius 3 is 2.40 bits per heavy atom. The first-order chi connectivity index (χ1) is 12.0. The molecule has 0 atom stereocenters. The van der Waals surface area contributed by atoms with E-state index >= 15 is 0 Å². The number of ether oxygens (including phenoxy) is 1. The normalized spacial score (nSPS) is 10.5. The van der Waals surface area contributed by atoms with Gasteiger partial charge in [0.25, 0.3) is 5.91 Å². The predicted molar refractivity (Wildman–Crippen MR) is 84.8 cm³/mol. The molecule has 0 aliphatic rings. The Labute approximate surface area is 140 Å². The summed E-state index contributed by atoms with van der Waals surface area (Å²) in [4.78, 5) is 31.8. The summed E-state index contributed by atoms with van der Waals surface area (Å²) < 4.78 is 31.7. The largest absolute Gasteiger partial charge is 0.452 e. The van der Waals surface area contributed by atoms with Gasteiger partial charge in [-0.25, -0.2) is 13.6 Å². The molecule has 0 radical (unpaired) electrons. The zero-order chi connectivity index (χ0) is 17.8. The van der Waals surface area contributed by atoms with Gasteiger partial charge >= 0.3 is 5.97 Å². The molecule has 8 heteroatoms. The molecule has 2 aromatic carbocycles. The number of hydrogen-bond acceptors (Lipinski definition) is 5. The Hall–Kier alpha value is -3.42. The van der Waals surface area contributed by atoms with Crippen LogP contribution in [0.1, 0.15) is 10.4 Å². The first kappa shape index (κ1) is 16.4. The number of nitrogens with zero attached hydrogens (tertiary/aromatic N) is 2. The van der Waals surface area contributed by atoms with Crippen LogP contribution in [0.2, 0.25) is 0 Å². The van der Waals surface area contributed by atoms with Crippen molar-refractivity contribution in [1.82, 2.24) is 9.97 Å². The number of esters is 1. The SMILES string of the molecule is O=C(COC(=O)c1ccc2nccnc2c1)Nc1c(F)cccc1F. The summed E-state index contributed by atoms with van der Waals surface area (Å²) in [7, 11) is 0. The average Bonchev–Trinajstić information content (AvgIpc) is 2.62. The van der Waals surface area contributed by atoms with Gasteiger partial charge < -0.3 is 10.1 Å². The summed E-state index contributed by atoms with van der Waals surface area (Å²) in [6, 6.07) is 7.71. The van der Waals surface area contributed by atoms with Crippen LogP contribution in [0.25, 0.3) is 11.0 Å². The van der Waals surface area contributed by atoms with E-state index in [2.05, 4.69) is 9.97 Å². The van der Waals surface area contributed by atoms with Crippen LogP contribution in [0.5, 0.6) is 0 Å². The van der Waals surface area contributed by atoms with Gasteiger partial charge in [0.1, 0.15) is 17.3 Å². The van der Waals surface area contributed by atoms with E-state index < -0.39 is 35.8 Å². The van der Waals surface area contributed by atoms with Crippen molar-refractivity contribution < 1.29 is 23.1 Å². The highest BCUT2D eigenvalue weighted by Gasteiger charge is 2.15. The second-order valence-corrected chi connectivity index (χ2v) is 4.98. The summed E-state index contributed by atoms with van der Waals surface area (Å²) in [6.45, 7) is -0.689. The summed E-state index contributed by atoms with van der Waals surface area (Å²) >= 11 is 0. The molecule has 0 saturated carbocycles. The number of para-hydroxylation sites is 1. The Morgan fingerprint density at radius 1 is 1.00 bits per heavy atom. The number of halogens is 2. The quantitative estimate of drug-likeness (QED) is 0.737. The molecule has 0 spiro atoms. The van der Waals surface area contributed by atoms with Gasteiger partial charge in [-0.3, -0.25) is 14.8 Å². The molecule has 1 N–H and O–H groups in total. The fraction of sp³-hybridized carbons (Fsp3) is 0.0588. The molecule has 6 nitrogen and oxygen atoms in total. The lowest BCUT2D eigenvalue weighted by Crippen LogP contribution is -2.22. The van der Waals surface area contributed by atoms with Gasteiger partial charge in [-0.2, -0.15) is 0 Å². The smallest absolute Gasteiger partial charge is 0.338 e. The molecule has 3 rings (SSSR count). The second kappa shape index (κ2) is 7.00. The molecule has 25 heavy (non-hydrogen) atoms. The van der Waals surface area contributed by atoms with Crippen molar-refractivity contribution in [3.05, 3.63) is 66.0 Å². The summed E-state index contributed by atoms with van der Waals surface area (Å²) in [5.41, 5.74) is 0.684. The van der Waals surface area contributed by atoms with Crippen molar-refractivity contribution >= 4 is 28.6 Å². The van der Waals surface area contributed by atoms with E-state index in [4.69, 9.17) is 4.74 Å². The van der Waals surface area contributed by atoms with Crippen LogP contribution >= 0.6 is 0 Å². The molecular formula is C17H11F2N3O3. The molecule has 0 aliphatic carbocycles. The lowest BCUT2D eigenvalue weighted by molar-refractivity contribution is -0.119. The van der Waals surface area contributed by atoms with E-state index in [0.29, 0.717) is 11.0 Å². The van der Waals surface area contributed by atoms with Crippen molar-refractivity contribution in [3.63, 3.8) is 0 Å². The van der Waals surface area contributed by atoms with Crippen LogP contribution < -0.4 is 5.32 Å². The first-order valence-electron chi connectivity index (χ1n) is 7.16. The van der Waals surface area contributed by atoms with Crippen LogP contribution in [0.15, 0.2) is 48.8 Å². The van der Waals surface area contributed by atoms with Gasteiger partial charge in [0, 0.05) is 12.4 Å². The average molecular weight is 343 g/mol. The van der Waals surface area contributed by atoms with Gasteiger partial charge in [-0.05, 0) is 30.3 Å². The number of carbonyl (C=O) groups excluding carboxylic acids is 2. The van der Waals surface area contributed by atoms with E-state index in [9.17, 15) is 18.4 Å². The number of rotatable bonds is 4. The minimum atomic E-state index is -0.923. The van der Waals surface area contributed by atoms with Crippen molar-refractivity contribution in [2.24, 2.45) is 0 Å². The molecule has 0 saturated heterocycles. The lowest BCUT2D eigenvalue weighted by atomic mass is 10.2. The van der Waals surface area contributed by atoms with Gasteiger partial charge in [-0.15, -0.1) is 0 Å². The fourth-order valence-corrected chi connectivity index (χ4v) is 2.10. The van der Waals surface area contributed by atoms with Crippen molar-refractivity contribution in [3.8, 4) is 0 Å². The number of anilines is 1. The number of carbonyl (C=O) groups is 2. The van der Waals surface area contributed by atoms with E-state index in [1.807, 2.05) is 5.32 Å². The van der Waals surface area contributed by atoms with Crippen LogP contribution in [-0.2, 0) is 9.53 Å². The number of aromatic nitrogens is 2. The van der Waals surface area contributed by atoms with Crippen molar-refractivity contribution in [2.45, 2.75) is 0 Å². The van der Waals surface area contributed by atoms with Crippen LogP contribution in [0.3, 0.4) is 0 Å². The zero-order valence-corrected chi connectivity index (χ0v) is 12.7. The molecule has 1 heterocycles. The van der Waals surface area contributed by atoms with Gasteiger partial charge in [0.15, 0.2) is 6.61 Å². The molecule has 0 unspecified atom stereocenters. The van der Waals surface area contributed by atoms with E-state index in [0.717, 1.165) is 12.1 Å². The third-order valence-electron chi connectivity index (χ3n) is 3.27. The number of nitrogens with one attached hydrogen (secondary N) is 1. The van der Waals surface area contributed by atoms with Crippen LogP contribution in [0.4, 0.5) is 14.5 Å². The molecule has 1 aromatic heterocycles. The molecule has 3 aromatic rings. The van der Waals surface area contributed by atoms with E-state index in [-0.39, 0.29) is 5.56 Å². The molecule has 0 bridgehead atoms. The molecule has 126 valence electrons. The Morgan fingerprint density at radius 2 is 1.68 bits per heavy atom. The highest BCUT2D eigenvalue weighted by atomic mass is 19.1. The molecule has 0 fully saturated rings. The van der Waals surface area contributed by atoms with Crippen molar-refractivity contribution in [1.29, 1.82) is 0 Å². The maximum absolute atomic E-state index is 13.4. The summed E-state index contributed by atoms with van der Waals surface area (Å²) in [6.07, 6.45) is 3.00. The van der Waals surface area contributed by atoms with Gasteiger partial charge in [0.05, 0.1) is 16.6 Å². The minimum absolute atomic E-state index is 0.179. The molecule has 1 amide bonds. The zero-order valence-electron chi connectivity index (χ0n) is 12.7. The number of benzene rings is 2. The van der Waals surface area contributed by atoms with Gasteiger partial charge in [0.2, 0.25) is 0 Å². The maximum Gasteiger partial charge on any atom is 0.338 e. The summed E-state index contributed by atoms with van der Waals surface area (Å²) in [5, 5.41) is 2.03.